The van der Waals surface area contributed by atoms with E-state index in [9.17, 15) is 4.79 Å². The SMILES string of the molecule is COCc1nc(CNC(=O)c2cccc(N(C)C)c2)no1. The van der Waals surface area contributed by atoms with E-state index in [1.54, 1.807) is 13.2 Å². The van der Waals surface area contributed by atoms with Gasteiger partial charge in [0.25, 0.3) is 11.8 Å². The van der Waals surface area contributed by atoms with Crippen LogP contribution >= 0.6 is 0 Å². The highest BCUT2D eigenvalue weighted by atomic mass is 16.5. The van der Waals surface area contributed by atoms with Crippen LogP contribution in [-0.2, 0) is 17.9 Å². The van der Waals surface area contributed by atoms with Gasteiger partial charge in [-0.05, 0) is 18.2 Å². The van der Waals surface area contributed by atoms with Gasteiger partial charge in [0, 0.05) is 32.5 Å². The smallest absolute Gasteiger partial charge is 0.252 e. The van der Waals surface area contributed by atoms with E-state index in [-0.39, 0.29) is 19.1 Å². The molecule has 0 bridgehead atoms. The fraction of sp³-hybridized carbons (Fsp3) is 0.357. The van der Waals surface area contributed by atoms with Gasteiger partial charge in [-0.3, -0.25) is 4.79 Å². The minimum atomic E-state index is -0.184. The van der Waals surface area contributed by atoms with Gasteiger partial charge in [0.2, 0.25) is 0 Å². The zero-order chi connectivity index (χ0) is 15.2. The van der Waals surface area contributed by atoms with Crippen LogP contribution in [0.3, 0.4) is 0 Å². The van der Waals surface area contributed by atoms with Gasteiger partial charge in [0.05, 0.1) is 6.54 Å². The molecule has 0 aliphatic heterocycles. The first-order chi connectivity index (χ1) is 10.1. The maximum absolute atomic E-state index is 12.1. The molecular formula is C14H18N4O3. The van der Waals surface area contributed by atoms with E-state index in [2.05, 4.69) is 15.5 Å². The van der Waals surface area contributed by atoms with E-state index < -0.39 is 0 Å². The molecule has 0 radical (unpaired) electrons. The molecule has 0 atom stereocenters. The third kappa shape index (κ3) is 4.03. The van der Waals surface area contributed by atoms with Crippen LogP contribution in [0.1, 0.15) is 22.1 Å². The fourth-order valence-electron chi connectivity index (χ4n) is 1.73. The highest BCUT2D eigenvalue weighted by Crippen LogP contribution is 2.13. The molecule has 112 valence electrons. The van der Waals surface area contributed by atoms with E-state index in [0.29, 0.717) is 17.3 Å². The minimum absolute atomic E-state index is 0.184. The predicted molar refractivity (Wildman–Crippen MR) is 77.0 cm³/mol. The van der Waals surface area contributed by atoms with Crippen molar-refractivity contribution in [1.82, 2.24) is 15.5 Å². The lowest BCUT2D eigenvalue weighted by Gasteiger charge is -2.13. The summed E-state index contributed by atoms with van der Waals surface area (Å²) >= 11 is 0. The Bertz CT molecular complexity index is 610. The van der Waals surface area contributed by atoms with Crippen molar-refractivity contribution >= 4 is 11.6 Å². The molecule has 1 heterocycles. The number of ether oxygens (including phenoxy) is 1. The normalized spacial score (nSPS) is 10.4. The molecule has 7 nitrogen and oxygen atoms in total. The lowest BCUT2D eigenvalue weighted by molar-refractivity contribution is 0.0949. The van der Waals surface area contributed by atoms with Crippen LogP contribution in [0.15, 0.2) is 28.8 Å². The van der Waals surface area contributed by atoms with Crippen molar-refractivity contribution in [2.75, 3.05) is 26.1 Å². The molecule has 0 spiro atoms. The molecule has 0 aliphatic rings. The van der Waals surface area contributed by atoms with Crippen molar-refractivity contribution in [3.8, 4) is 0 Å². The molecule has 1 aromatic heterocycles. The van der Waals surface area contributed by atoms with Gasteiger partial charge < -0.3 is 19.5 Å². The largest absolute Gasteiger partial charge is 0.378 e. The molecular weight excluding hydrogens is 272 g/mol. The first-order valence-electron chi connectivity index (χ1n) is 6.46. The number of carbonyl (C=O) groups is 1. The van der Waals surface area contributed by atoms with Crippen LogP contribution in [0.5, 0.6) is 0 Å². The van der Waals surface area contributed by atoms with E-state index in [0.717, 1.165) is 5.69 Å². The second-order valence-electron chi connectivity index (χ2n) is 4.66. The summed E-state index contributed by atoms with van der Waals surface area (Å²) in [5.74, 6) is 0.618. The number of hydrogen-bond acceptors (Lipinski definition) is 6. The maximum atomic E-state index is 12.1. The zero-order valence-corrected chi connectivity index (χ0v) is 12.3. The molecule has 1 aromatic carbocycles. The van der Waals surface area contributed by atoms with Crippen molar-refractivity contribution in [2.24, 2.45) is 0 Å². The summed E-state index contributed by atoms with van der Waals surface area (Å²) in [5.41, 5.74) is 1.55. The van der Waals surface area contributed by atoms with Gasteiger partial charge >= 0.3 is 0 Å². The van der Waals surface area contributed by atoms with E-state index in [1.165, 1.54) is 0 Å². The number of nitrogens with zero attached hydrogens (tertiary/aromatic N) is 3. The lowest BCUT2D eigenvalue weighted by atomic mass is 10.2. The summed E-state index contributed by atoms with van der Waals surface area (Å²) in [6.45, 7) is 0.462. The van der Waals surface area contributed by atoms with E-state index >= 15 is 0 Å². The van der Waals surface area contributed by atoms with Crippen molar-refractivity contribution in [2.45, 2.75) is 13.2 Å². The Morgan fingerprint density at radius 1 is 1.43 bits per heavy atom. The van der Waals surface area contributed by atoms with Gasteiger partial charge in [0.15, 0.2) is 5.82 Å². The zero-order valence-electron chi connectivity index (χ0n) is 12.3. The summed E-state index contributed by atoms with van der Waals surface area (Å²) in [6, 6.07) is 7.36. The molecule has 0 unspecified atom stereocenters. The van der Waals surface area contributed by atoms with Gasteiger partial charge in [-0.2, -0.15) is 4.98 Å². The summed E-state index contributed by atoms with van der Waals surface area (Å²) in [7, 11) is 5.39. The van der Waals surface area contributed by atoms with E-state index in [1.807, 2.05) is 37.2 Å². The van der Waals surface area contributed by atoms with Crippen LogP contribution in [-0.4, -0.2) is 37.3 Å². The Labute approximate surface area is 122 Å². The van der Waals surface area contributed by atoms with Gasteiger partial charge in [-0.25, -0.2) is 0 Å². The number of hydrogen-bond donors (Lipinski definition) is 1. The number of anilines is 1. The van der Waals surface area contributed by atoms with Crippen LogP contribution in [0.2, 0.25) is 0 Å². The van der Waals surface area contributed by atoms with Crippen LogP contribution < -0.4 is 10.2 Å². The van der Waals surface area contributed by atoms with Crippen molar-refractivity contribution in [1.29, 1.82) is 0 Å². The number of aromatic nitrogens is 2. The molecule has 21 heavy (non-hydrogen) atoms. The molecule has 0 saturated carbocycles. The number of nitrogens with one attached hydrogen (secondary N) is 1. The average molecular weight is 290 g/mol. The summed E-state index contributed by atoms with van der Waals surface area (Å²) in [5, 5.41) is 6.51. The van der Waals surface area contributed by atoms with E-state index in [4.69, 9.17) is 9.26 Å². The molecule has 0 saturated heterocycles. The van der Waals surface area contributed by atoms with Crippen LogP contribution in [0, 0.1) is 0 Å². The Balaban J connectivity index is 1.96. The minimum Gasteiger partial charge on any atom is -0.378 e. The predicted octanol–water partition coefficient (Wildman–Crippen LogP) is 1.21. The monoisotopic (exact) mass is 290 g/mol. The number of benzene rings is 1. The van der Waals surface area contributed by atoms with Crippen LogP contribution in [0.4, 0.5) is 5.69 Å². The van der Waals surface area contributed by atoms with Crippen LogP contribution in [0.25, 0.3) is 0 Å². The molecule has 7 heteroatoms. The Morgan fingerprint density at radius 2 is 2.24 bits per heavy atom. The highest BCUT2D eigenvalue weighted by molar-refractivity contribution is 5.95. The third-order valence-corrected chi connectivity index (χ3v) is 2.81. The highest BCUT2D eigenvalue weighted by Gasteiger charge is 2.10. The average Bonchev–Trinajstić information content (AvgIpc) is 2.93. The standard InChI is InChI=1S/C14H18N4O3/c1-18(2)11-6-4-5-10(7-11)14(19)15-8-12-16-13(9-20-3)21-17-12/h4-7H,8-9H2,1-3H3,(H,15,19). The molecule has 1 N–H and O–H groups in total. The lowest BCUT2D eigenvalue weighted by Crippen LogP contribution is -2.23. The Morgan fingerprint density at radius 3 is 2.95 bits per heavy atom. The van der Waals surface area contributed by atoms with Gasteiger partial charge in [-0.1, -0.05) is 11.2 Å². The molecule has 1 amide bonds. The van der Waals surface area contributed by atoms with Crippen molar-refractivity contribution in [3.63, 3.8) is 0 Å². The fourth-order valence-corrected chi connectivity index (χ4v) is 1.73. The van der Waals surface area contributed by atoms with Crippen molar-refractivity contribution in [3.05, 3.63) is 41.5 Å². The number of methoxy groups -OCH3 is 1. The Kier molecular flexibility index (Phi) is 4.89. The molecule has 2 rings (SSSR count). The third-order valence-electron chi connectivity index (χ3n) is 2.81. The number of rotatable bonds is 6. The maximum Gasteiger partial charge on any atom is 0.252 e. The Hall–Kier alpha value is -2.41. The molecule has 0 aliphatic carbocycles. The quantitative estimate of drug-likeness (QED) is 0.861. The first kappa shape index (κ1) is 15.0. The number of carbonyl (C=O) groups excluding carboxylic acids is 1. The summed E-state index contributed by atoms with van der Waals surface area (Å²) < 4.78 is 9.83. The topological polar surface area (TPSA) is 80.5 Å². The molecule has 2 aromatic rings. The summed E-state index contributed by atoms with van der Waals surface area (Å²) in [4.78, 5) is 18.1. The second kappa shape index (κ2) is 6.85. The first-order valence-corrected chi connectivity index (χ1v) is 6.46. The molecule has 0 fully saturated rings. The van der Waals surface area contributed by atoms with Gasteiger partial charge in [-0.15, -0.1) is 0 Å². The summed E-state index contributed by atoms with van der Waals surface area (Å²) in [6.07, 6.45) is 0. The second-order valence-corrected chi connectivity index (χ2v) is 4.66. The number of amides is 1. The van der Waals surface area contributed by atoms with Gasteiger partial charge in [0.1, 0.15) is 6.61 Å². The van der Waals surface area contributed by atoms with Crippen molar-refractivity contribution < 1.29 is 14.1 Å².